The summed E-state index contributed by atoms with van der Waals surface area (Å²) in [6, 6.07) is 12.3. The third-order valence-electron chi connectivity index (χ3n) is 4.73. The number of methoxy groups -OCH3 is 1. The number of para-hydroxylation sites is 1. The topological polar surface area (TPSA) is 111 Å². The minimum Gasteiger partial charge on any atom is -0.493 e. The number of thioether (sulfide) groups is 1. The zero-order valence-electron chi connectivity index (χ0n) is 19.8. The van der Waals surface area contributed by atoms with Crippen LogP contribution < -0.4 is 14.8 Å². The standard InChI is InChI=1S/C25H26N2O7S/c1-15(2)34-22(29)13-27-24(30)20(35-25(27)31)12-17-6-5-7-19(32-4)23(17)33-14-21(28)26-18-10-8-16(3)9-11-18/h5-12,15H,13-14H2,1-4H3,(H,26,28)/b20-12+. The Bertz CT molecular complexity index is 1160. The summed E-state index contributed by atoms with van der Waals surface area (Å²) >= 11 is 0.702. The van der Waals surface area contributed by atoms with Crippen molar-refractivity contribution in [2.24, 2.45) is 0 Å². The molecule has 0 unspecified atom stereocenters. The van der Waals surface area contributed by atoms with E-state index in [4.69, 9.17) is 14.2 Å². The van der Waals surface area contributed by atoms with E-state index in [0.29, 0.717) is 28.8 Å². The summed E-state index contributed by atoms with van der Waals surface area (Å²) in [6.45, 7) is 4.52. The lowest BCUT2D eigenvalue weighted by atomic mass is 10.1. The van der Waals surface area contributed by atoms with Crippen molar-refractivity contribution in [1.82, 2.24) is 4.90 Å². The molecule has 35 heavy (non-hydrogen) atoms. The van der Waals surface area contributed by atoms with E-state index in [1.807, 2.05) is 19.1 Å². The SMILES string of the molecule is COc1cccc(/C=C2/SC(=O)N(CC(=O)OC(C)C)C2=O)c1OCC(=O)Nc1ccc(C)cc1. The Balaban J connectivity index is 1.76. The lowest BCUT2D eigenvalue weighted by molar-refractivity contribution is -0.149. The van der Waals surface area contributed by atoms with Gasteiger partial charge in [0.25, 0.3) is 17.1 Å². The highest BCUT2D eigenvalue weighted by atomic mass is 32.2. The number of carbonyl (C=O) groups excluding carboxylic acids is 4. The van der Waals surface area contributed by atoms with E-state index >= 15 is 0 Å². The molecule has 1 N–H and O–H groups in total. The number of rotatable bonds is 9. The number of hydrogen-bond acceptors (Lipinski definition) is 8. The highest BCUT2D eigenvalue weighted by molar-refractivity contribution is 8.18. The van der Waals surface area contributed by atoms with Crippen LogP contribution in [-0.2, 0) is 19.1 Å². The molecule has 0 atom stereocenters. The van der Waals surface area contributed by atoms with Crippen molar-refractivity contribution in [3.8, 4) is 11.5 Å². The largest absolute Gasteiger partial charge is 0.493 e. The summed E-state index contributed by atoms with van der Waals surface area (Å²) in [4.78, 5) is 50.4. The predicted molar refractivity (Wildman–Crippen MR) is 132 cm³/mol. The second-order valence-electron chi connectivity index (χ2n) is 7.89. The van der Waals surface area contributed by atoms with Gasteiger partial charge in [0.15, 0.2) is 18.1 Å². The van der Waals surface area contributed by atoms with Crippen LogP contribution in [0.5, 0.6) is 11.5 Å². The van der Waals surface area contributed by atoms with Crippen LogP contribution in [0.1, 0.15) is 25.0 Å². The van der Waals surface area contributed by atoms with Crippen LogP contribution in [0.25, 0.3) is 6.08 Å². The summed E-state index contributed by atoms with van der Waals surface area (Å²) in [6.07, 6.45) is 1.10. The molecule has 2 aromatic rings. The maximum Gasteiger partial charge on any atom is 0.326 e. The number of carbonyl (C=O) groups is 4. The van der Waals surface area contributed by atoms with Crippen molar-refractivity contribution in [2.75, 3.05) is 25.6 Å². The monoisotopic (exact) mass is 498 g/mol. The molecule has 10 heteroatoms. The molecule has 3 rings (SSSR count). The molecule has 1 saturated heterocycles. The Hall–Kier alpha value is -3.79. The number of imide groups is 1. The van der Waals surface area contributed by atoms with Crippen LogP contribution in [0.3, 0.4) is 0 Å². The Morgan fingerprint density at radius 2 is 1.83 bits per heavy atom. The third-order valence-corrected chi connectivity index (χ3v) is 5.63. The lowest BCUT2D eigenvalue weighted by Crippen LogP contribution is -2.35. The van der Waals surface area contributed by atoms with Crippen LogP contribution in [0.4, 0.5) is 10.5 Å². The van der Waals surface area contributed by atoms with E-state index in [0.717, 1.165) is 10.5 Å². The first-order valence-electron chi connectivity index (χ1n) is 10.8. The predicted octanol–water partition coefficient (Wildman–Crippen LogP) is 4.01. The molecule has 0 saturated carbocycles. The normalized spacial score (nSPS) is 14.4. The molecule has 1 aliphatic heterocycles. The van der Waals surface area contributed by atoms with Gasteiger partial charge in [0.1, 0.15) is 6.54 Å². The first kappa shape index (κ1) is 25.8. The molecule has 0 aliphatic carbocycles. The number of nitrogens with one attached hydrogen (secondary N) is 1. The van der Waals surface area contributed by atoms with Crippen molar-refractivity contribution >= 4 is 46.5 Å². The van der Waals surface area contributed by atoms with Crippen molar-refractivity contribution < 1.29 is 33.4 Å². The Morgan fingerprint density at radius 1 is 1.11 bits per heavy atom. The quantitative estimate of drug-likeness (QED) is 0.408. The van der Waals surface area contributed by atoms with Gasteiger partial charge in [-0.1, -0.05) is 29.8 Å². The molecule has 3 amide bonds. The van der Waals surface area contributed by atoms with Gasteiger partial charge in [-0.2, -0.15) is 0 Å². The molecule has 0 bridgehead atoms. The number of amides is 3. The van der Waals surface area contributed by atoms with Gasteiger partial charge in [0.05, 0.1) is 18.1 Å². The molecule has 1 fully saturated rings. The lowest BCUT2D eigenvalue weighted by Gasteiger charge is -2.14. The maximum atomic E-state index is 12.8. The van der Waals surface area contributed by atoms with Gasteiger partial charge in [0, 0.05) is 11.3 Å². The number of aryl methyl sites for hydroxylation is 1. The van der Waals surface area contributed by atoms with Crippen molar-refractivity contribution in [1.29, 1.82) is 0 Å². The van der Waals surface area contributed by atoms with Gasteiger partial charge in [-0.25, -0.2) is 0 Å². The Labute approximate surface area is 207 Å². The molecule has 9 nitrogen and oxygen atoms in total. The number of benzene rings is 2. The van der Waals surface area contributed by atoms with Gasteiger partial charge in [0.2, 0.25) is 0 Å². The number of esters is 1. The van der Waals surface area contributed by atoms with Gasteiger partial charge >= 0.3 is 5.97 Å². The second-order valence-corrected chi connectivity index (χ2v) is 8.88. The molecule has 1 heterocycles. The fourth-order valence-corrected chi connectivity index (χ4v) is 3.97. The number of hydrogen-bond donors (Lipinski definition) is 1. The number of ether oxygens (including phenoxy) is 3. The maximum absolute atomic E-state index is 12.8. The van der Waals surface area contributed by atoms with E-state index in [-0.39, 0.29) is 29.3 Å². The van der Waals surface area contributed by atoms with E-state index in [1.54, 1.807) is 44.2 Å². The van der Waals surface area contributed by atoms with Crippen LogP contribution in [0.15, 0.2) is 47.4 Å². The summed E-state index contributed by atoms with van der Waals surface area (Å²) < 4.78 is 16.1. The van der Waals surface area contributed by atoms with Crippen molar-refractivity contribution in [3.05, 3.63) is 58.5 Å². The van der Waals surface area contributed by atoms with Gasteiger partial charge in [-0.05, 0) is 56.8 Å². The van der Waals surface area contributed by atoms with Gasteiger partial charge < -0.3 is 19.5 Å². The molecule has 1 aliphatic rings. The molecule has 184 valence electrons. The molecular weight excluding hydrogens is 472 g/mol. The second kappa shape index (κ2) is 11.6. The number of nitrogens with zero attached hydrogens (tertiary/aromatic N) is 1. The fraction of sp³-hybridized carbons (Fsp3) is 0.280. The average molecular weight is 499 g/mol. The van der Waals surface area contributed by atoms with E-state index in [2.05, 4.69) is 5.32 Å². The number of anilines is 1. The fourth-order valence-electron chi connectivity index (χ4n) is 3.14. The zero-order valence-corrected chi connectivity index (χ0v) is 20.6. The molecule has 0 aromatic heterocycles. The zero-order chi connectivity index (χ0) is 25.5. The highest BCUT2D eigenvalue weighted by Gasteiger charge is 2.37. The first-order valence-corrected chi connectivity index (χ1v) is 11.6. The Kier molecular flexibility index (Phi) is 8.53. The first-order chi connectivity index (χ1) is 16.7. The summed E-state index contributed by atoms with van der Waals surface area (Å²) in [5.41, 5.74) is 2.14. The molecular formula is C25H26N2O7S. The molecule has 2 aromatic carbocycles. The minimum atomic E-state index is -0.673. The van der Waals surface area contributed by atoms with Crippen molar-refractivity contribution in [2.45, 2.75) is 26.9 Å². The molecule has 0 spiro atoms. The van der Waals surface area contributed by atoms with Crippen LogP contribution in [0.2, 0.25) is 0 Å². The van der Waals surface area contributed by atoms with Crippen LogP contribution >= 0.6 is 11.8 Å². The average Bonchev–Trinajstić information content (AvgIpc) is 3.06. The van der Waals surface area contributed by atoms with Crippen LogP contribution in [0, 0.1) is 6.92 Å². The third kappa shape index (κ3) is 6.86. The smallest absolute Gasteiger partial charge is 0.326 e. The minimum absolute atomic E-state index is 0.106. The Morgan fingerprint density at radius 3 is 2.49 bits per heavy atom. The molecule has 0 radical (unpaired) electrons. The summed E-state index contributed by atoms with van der Waals surface area (Å²) in [5.74, 6) is -1.09. The van der Waals surface area contributed by atoms with E-state index in [1.165, 1.54) is 13.2 Å². The van der Waals surface area contributed by atoms with Crippen molar-refractivity contribution in [3.63, 3.8) is 0 Å². The summed E-state index contributed by atoms with van der Waals surface area (Å²) in [7, 11) is 1.45. The van der Waals surface area contributed by atoms with E-state index in [9.17, 15) is 19.2 Å². The highest BCUT2D eigenvalue weighted by Crippen LogP contribution is 2.37. The van der Waals surface area contributed by atoms with E-state index < -0.39 is 23.7 Å². The summed E-state index contributed by atoms with van der Waals surface area (Å²) in [5, 5.41) is 2.17. The van der Waals surface area contributed by atoms with Gasteiger partial charge in [-0.3, -0.25) is 24.1 Å². The van der Waals surface area contributed by atoms with Gasteiger partial charge in [-0.15, -0.1) is 0 Å². The van der Waals surface area contributed by atoms with Crippen LogP contribution in [-0.4, -0.2) is 54.3 Å².